The number of rotatable bonds is 6. The monoisotopic (exact) mass is 314 g/mol. The summed E-state index contributed by atoms with van der Waals surface area (Å²) in [6, 6.07) is 19.0. The van der Waals surface area contributed by atoms with Gasteiger partial charge in [0, 0.05) is 22.2 Å². The van der Waals surface area contributed by atoms with Crippen molar-refractivity contribution in [2.24, 2.45) is 11.3 Å². The molecule has 0 bridgehead atoms. The number of hydrogen-bond donors (Lipinski definition) is 0. The van der Waals surface area contributed by atoms with Crippen molar-refractivity contribution in [3.8, 4) is 0 Å². The lowest BCUT2D eigenvalue weighted by molar-refractivity contribution is -0.116. The van der Waals surface area contributed by atoms with E-state index in [0.29, 0.717) is 6.16 Å². The fraction of sp³-hybridized carbons (Fsp3) is 0.316. The molecule has 2 rings (SSSR count). The Morgan fingerprint density at radius 2 is 1.36 bits per heavy atom. The van der Waals surface area contributed by atoms with Crippen LogP contribution in [0.5, 0.6) is 0 Å². The highest BCUT2D eigenvalue weighted by atomic mass is 31.2. The molecule has 0 N–H and O–H groups in total. The molecule has 2 aromatic rings. The second kappa shape index (κ2) is 6.62. The lowest BCUT2D eigenvalue weighted by atomic mass is 9.83. The predicted molar refractivity (Wildman–Crippen MR) is 93.6 cm³/mol. The van der Waals surface area contributed by atoms with Gasteiger partial charge in [-0.2, -0.15) is 0 Å². The third kappa shape index (κ3) is 3.23. The lowest BCUT2D eigenvalue weighted by Crippen LogP contribution is -2.34. The topological polar surface area (TPSA) is 34.1 Å². The van der Waals surface area contributed by atoms with Crippen LogP contribution in [0.2, 0.25) is 0 Å². The quantitative estimate of drug-likeness (QED) is 0.599. The molecule has 3 heteroatoms. The van der Waals surface area contributed by atoms with E-state index in [1.807, 2.05) is 81.4 Å². The molecule has 1 unspecified atom stereocenters. The lowest BCUT2D eigenvalue weighted by Gasteiger charge is -2.32. The summed E-state index contributed by atoms with van der Waals surface area (Å²) in [5.74, 6) is 0.130. The van der Waals surface area contributed by atoms with Gasteiger partial charge in [-0.25, -0.2) is 0 Å². The van der Waals surface area contributed by atoms with Gasteiger partial charge in [-0.3, -0.25) is 0 Å². The molecule has 2 nitrogen and oxygen atoms in total. The fourth-order valence-electron chi connectivity index (χ4n) is 2.50. The maximum Gasteiger partial charge on any atom is 0.144 e. The minimum atomic E-state index is -2.85. The maximum atomic E-state index is 13.9. The molecule has 0 saturated heterocycles. The van der Waals surface area contributed by atoms with Gasteiger partial charge in [0.15, 0.2) is 0 Å². The molecule has 116 valence electrons. The smallest absolute Gasteiger partial charge is 0.144 e. The highest BCUT2D eigenvalue weighted by Crippen LogP contribution is 2.49. The van der Waals surface area contributed by atoms with E-state index in [0.717, 1.165) is 16.9 Å². The summed E-state index contributed by atoms with van der Waals surface area (Å²) in [6.45, 7) is 5.92. The third-order valence-electron chi connectivity index (χ3n) is 4.50. The van der Waals surface area contributed by atoms with Gasteiger partial charge < -0.3 is 9.36 Å². The summed E-state index contributed by atoms with van der Waals surface area (Å²) < 4.78 is 13.9. The van der Waals surface area contributed by atoms with Crippen LogP contribution in [0.4, 0.5) is 0 Å². The van der Waals surface area contributed by atoms with Crippen LogP contribution in [-0.2, 0) is 9.36 Å². The van der Waals surface area contributed by atoms with Gasteiger partial charge in [0.2, 0.25) is 0 Å². The highest BCUT2D eigenvalue weighted by Gasteiger charge is 2.39. The molecule has 0 saturated carbocycles. The molecule has 0 fully saturated rings. The Labute approximate surface area is 132 Å². The minimum Gasteiger partial charge on any atom is -0.314 e. The third-order valence-corrected chi connectivity index (χ3v) is 7.89. The standard InChI is InChI=1S/C19H23O2P/c1-16(2)19(3,14-20)15-22(21,17-10-6-4-7-11-17)18-12-8-5-9-13-18/h4-14,16H,15H2,1-3H3. The number of carbonyl (C=O) groups is 1. The van der Waals surface area contributed by atoms with E-state index in [1.54, 1.807) is 0 Å². The SMILES string of the molecule is CC(C)C(C)(C=O)CP(=O)(c1ccccc1)c1ccccc1. The first-order valence-corrected chi connectivity index (χ1v) is 9.48. The molecule has 1 atom stereocenters. The second-order valence-electron chi connectivity index (χ2n) is 6.35. The van der Waals surface area contributed by atoms with E-state index in [2.05, 4.69) is 0 Å². The van der Waals surface area contributed by atoms with Crippen LogP contribution in [0, 0.1) is 11.3 Å². The first kappa shape index (κ1) is 16.7. The normalized spacial score (nSPS) is 14.5. The predicted octanol–water partition coefficient (Wildman–Crippen LogP) is 3.86. The number of benzene rings is 2. The van der Waals surface area contributed by atoms with Gasteiger partial charge in [-0.05, 0) is 5.92 Å². The zero-order valence-electron chi connectivity index (χ0n) is 13.4. The maximum absolute atomic E-state index is 13.9. The van der Waals surface area contributed by atoms with Crippen LogP contribution >= 0.6 is 7.14 Å². The van der Waals surface area contributed by atoms with E-state index < -0.39 is 12.6 Å². The van der Waals surface area contributed by atoms with E-state index in [1.165, 1.54) is 0 Å². The Kier molecular flexibility index (Phi) is 5.03. The summed E-state index contributed by atoms with van der Waals surface area (Å²) >= 11 is 0. The molecule has 22 heavy (non-hydrogen) atoms. The summed E-state index contributed by atoms with van der Waals surface area (Å²) in [7, 11) is -2.85. The molecule has 0 amide bonds. The Morgan fingerprint density at radius 3 is 1.68 bits per heavy atom. The van der Waals surface area contributed by atoms with Gasteiger partial charge in [0.1, 0.15) is 13.4 Å². The van der Waals surface area contributed by atoms with Crippen molar-refractivity contribution >= 4 is 24.0 Å². The largest absolute Gasteiger partial charge is 0.314 e. The van der Waals surface area contributed by atoms with Crippen LogP contribution in [-0.4, -0.2) is 12.4 Å². The van der Waals surface area contributed by atoms with Crippen LogP contribution in [0.25, 0.3) is 0 Å². The van der Waals surface area contributed by atoms with Gasteiger partial charge in [0.05, 0.1) is 0 Å². The molecule has 0 aliphatic rings. The second-order valence-corrected chi connectivity index (χ2v) is 9.18. The fourth-order valence-corrected chi connectivity index (χ4v) is 5.87. The van der Waals surface area contributed by atoms with Gasteiger partial charge >= 0.3 is 0 Å². The van der Waals surface area contributed by atoms with Gasteiger partial charge in [-0.1, -0.05) is 81.4 Å². The van der Waals surface area contributed by atoms with Crippen molar-refractivity contribution in [3.05, 3.63) is 60.7 Å². The van der Waals surface area contributed by atoms with Crippen molar-refractivity contribution in [3.63, 3.8) is 0 Å². The van der Waals surface area contributed by atoms with Gasteiger partial charge in [-0.15, -0.1) is 0 Å². The van der Waals surface area contributed by atoms with Crippen LogP contribution in [0.1, 0.15) is 20.8 Å². The van der Waals surface area contributed by atoms with Crippen molar-refractivity contribution in [2.45, 2.75) is 20.8 Å². The molecule has 2 aromatic carbocycles. The number of aldehydes is 1. The summed E-state index contributed by atoms with van der Waals surface area (Å²) in [5.41, 5.74) is -0.610. The number of hydrogen-bond acceptors (Lipinski definition) is 2. The van der Waals surface area contributed by atoms with Crippen molar-refractivity contribution < 1.29 is 9.36 Å². The van der Waals surface area contributed by atoms with E-state index in [-0.39, 0.29) is 5.92 Å². The molecule has 0 heterocycles. The average Bonchev–Trinajstić information content (AvgIpc) is 2.56. The molecule has 0 radical (unpaired) electrons. The van der Waals surface area contributed by atoms with Crippen molar-refractivity contribution in [1.29, 1.82) is 0 Å². The average molecular weight is 314 g/mol. The zero-order chi connectivity index (χ0) is 16.2. The molecule has 0 aliphatic carbocycles. The van der Waals surface area contributed by atoms with Crippen LogP contribution in [0.15, 0.2) is 60.7 Å². The van der Waals surface area contributed by atoms with E-state index in [9.17, 15) is 9.36 Å². The first-order valence-electron chi connectivity index (χ1n) is 7.59. The van der Waals surface area contributed by atoms with E-state index >= 15 is 0 Å². The van der Waals surface area contributed by atoms with E-state index in [4.69, 9.17) is 0 Å². The first-order chi connectivity index (χ1) is 10.4. The van der Waals surface area contributed by atoms with Crippen LogP contribution < -0.4 is 10.6 Å². The Balaban J connectivity index is 2.58. The summed E-state index contributed by atoms with van der Waals surface area (Å²) in [6.07, 6.45) is 1.32. The molecule has 0 aromatic heterocycles. The van der Waals surface area contributed by atoms with Crippen molar-refractivity contribution in [1.82, 2.24) is 0 Å². The Bertz CT molecular complexity index is 621. The van der Waals surface area contributed by atoms with Crippen molar-refractivity contribution in [2.75, 3.05) is 6.16 Å². The van der Waals surface area contributed by atoms with Gasteiger partial charge in [0.25, 0.3) is 0 Å². The molecular weight excluding hydrogens is 291 g/mol. The zero-order valence-corrected chi connectivity index (χ0v) is 14.3. The molecule has 0 aliphatic heterocycles. The molecule has 0 spiro atoms. The molecular formula is C19H23O2P. The summed E-state index contributed by atoms with van der Waals surface area (Å²) in [4.78, 5) is 11.7. The van der Waals surface area contributed by atoms with Crippen LogP contribution in [0.3, 0.4) is 0 Å². The number of carbonyl (C=O) groups excluding carboxylic acids is 1. The minimum absolute atomic E-state index is 0.130. The Hall–Kier alpha value is -1.66. The Morgan fingerprint density at radius 1 is 0.955 bits per heavy atom. The summed E-state index contributed by atoms with van der Waals surface area (Å²) in [5, 5.41) is 1.63. The highest BCUT2D eigenvalue weighted by molar-refractivity contribution is 7.78.